The van der Waals surface area contributed by atoms with Crippen LogP contribution in [0.2, 0.25) is 0 Å². The summed E-state index contributed by atoms with van der Waals surface area (Å²) in [5.74, 6) is -2.00. The number of halogens is 1. The molecule has 1 fully saturated rings. The third-order valence-corrected chi connectivity index (χ3v) is 6.76. The van der Waals surface area contributed by atoms with E-state index in [0.29, 0.717) is 23.5 Å². The molecule has 1 N–H and O–H groups in total. The van der Waals surface area contributed by atoms with Crippen LogP contribution in [0.1, 0.15) is 53.8 Å². The minimum atomic E-state index is -1.08. The molecule has 1 aliphatic rings. The van der Waals surface area contributed by atoms with Gasteiger partial charge in [-0.05, 0) is 56.0 Å². The predicted molar refractivity (Wildman–Crippen MR) is 153 cm³/mol. The SMILES string of the molecule is C=C[C@@H]1[C@@H](C(=O)N(C)[C@H](C(=O)N[C@@H](Cc2nc(Br)nn2C=C)C(=O)OCC)C(C)C)CCN1C(=O)OC(C)(C)C. The fourth-order valence-electron chi connectivity index (χ4n) is 4.72. The van der Waals surface area contributed by atoms with E-state index in [2.05, 4.69) is 44.5 Å². The van der Waals surface area contributed by atoms with Crippen molar-refractivity contribution in [3.63, 3.8) is 0 Å². The Bertz CT molecular complexity index is 1110. The minimum Gasteiger partial charge on any atom is -0.464 e. The van der Waals surface area contributed by atoms with Crippen LogP contribution in [0.5, 0.6) is 0 Å². The van der Waals surface area contributed by atoms with Crippen molar-refractivity contribution in [3.05, 3.63) is 29.8 Å². The fraction of sp³-hybridized carbons (Fsp3) is 0.630. The monoisotopic (exact) mass is 624 g/mol. The molecule has 2 heterocycles. The van der Waals surface area contributed by atoms with E-state index in [-0.39, 0.29) is 24.9 Å². The van der Waals surface area contributed by atoms with Gasteiger partial charge >= 0.3 is 12.1 Å². The van der Waals surface area contributed by atoms with E-state index in [1.54, 1.807) is 40.8 Å². The minimum absolute atomic E-state index is 0.0102. The summed E-state index contributed by atoms with van der Waals surface area (Å²) in [5.41, 5.74) is -0.688. The standard InChI is InChI=1S/C27H41BrN6O6/c1-10-19-17(13-14-33(19)26(38)40-27(6,7)8)23(36)32(9)21(16(4)5)22(35)29-18(24(37)39-12-3)15-20-30-25(28)31-34(20)11-2/h10-11,16-19,21H,1-2,12-15H2,3-9H3,(H,29,35)/t17-,18-,19+,21-/m0/s1. The summed E-state index contributed by atoms with van der Waals surface area (Å²) in [7, 11) is 1.55. The number of carbonyl (C=O) groups is 4. The third-order valence-electron chi connectivity index (χ3n) is 6.43. The van der Waals surface area contributed by atoms with Crippen LogP contribution in [0.3, 0.4) is 0 Å². The molecule has 40 heavy (non-hydrogen) atoms. The zero-order chi connectivity index (χ0) is 30.4. The molecule has 0 aliphatic carbocycles. The van der Waals surface area contributed by atoms with Gasteiger partial charge in [0.2, 0.25) is 16.5 Å². The summed E-state index contributed by atoms with van der Waals surface area (Å²) >= 11 is 3.20. The van der Waals surface area contributed by atoms with E-state index in [0.717, 1.165) is 0 Å². The van der Waals surface area contributed by atoms with E-state index in [4.69, 9.17) is 9.47 Å². The van der Waals surface area contributed by atoms with Crippen molar-refractivity contribution in [1.29, 1.82) is 0 Å². The normalized spacial score (nSPS) is 18.6. The number of ether oxygens (including phenoxy) is 2. The van der Waals surface area contributed by atoms with Gasteiger partial charge in [0.25, 0.3) is 0 Å². The van der Waals surface area contributed by atoms with Crippen molar-refractivity contribution >= 4 is 46.0 Å². The maximum atomic E-state index is 13.7. The first kappa shape index (κ1) is 33.0. The van der Waals surface area contributed by atoms with Crippen LogP contribution < -0.4 is 5.32 Å². The Morgan fingerprint density at radius 1 is 1.25 bits per heavy atom. The summed E-state index contributed by atoms with van der Waals surface area (Å²) in [4.78, 5) is 60.0. The number of aromatic nitrogens is 3. The van der Waals surface area contributed by atoms with E-state index < -0.39 is 47.6 Å². The smallest absolute Gasteiger partial charge is 0.410 e. The van der Waals surface area contributed by atoms with E-state index in [1.165, 1.54) is 20.7 Å². The highest BCUT2D eigenvalue weighted by atomic mass is 79.9. The number of hydrogen-bond donors (Lipinski definition) is 1. The quantitative estimate of drug-likeness (QED) is 0.293. The van der Waals surface area contributed by atoms with Gasteiger partial charge in [0, 0.05) is 26.2 Å². The van der Waals surface area contributed by atoms with Crippen LogP contribution in [-0.2, 0) is 30.3 Å². The molecule has 13 heteroatoms. The molecule has 0 unspecified atom stereocenters. The van der Waals surface area contributed by atoms with Gasteiger partial charge in [0.05, 0.1) is 18.6 Å². The molecule has 1 saturated heterocycles. The Hall–Kier alpha value is -3.22. The topological polar surface area (TPSA) is 136 Å². The summed E-state index contributed by atoms with van der Waals surface area (Å²) in [6.45, 7) is 18.6. The van der Waals surface area contributed by atoms with E-state index >= 15 is 0 Å². The van der Waals surface area contributed by atoms with Crippen molar-refractivity contribution in [2.45, 2.75) is 78.1 Å². The Morgan fingerprint density at radius 3 is 2.42 bits per heavy atom. The first-order valence-corrected chi connectivity index (χ1v) is 14.0. The highest BCUT2D eigenvalue weighted by Crippen LogP contribution is 2.30. The number of esters is 1. The summed E-state index contributed by atoms with van der Waals surface area (Å²) in [5, 5.41) is 6.87. The maximum Gasteiger partial charge on any atom is 0.410 e. The molecule has 1 aromatic rings. The van der Waals surface area contributed by atoms with Crippen LogP contribution in [0.15, 0.2) is 24.0 Å². The molecule has 0 bridgehead atoms. The number of rotatable bonds is 11. The lowest BCUT2D eigenvalue weighted by molar-refractivity contribution is -0.149. The molecule has 3 amide bonds. The number of carbonyl (C=O) groups excluding carboxylic acids is 4. The molecule has 1 aromatic heterocycles. The molecule has 222 valence electrons. The second kappa shape index (κ2) is 13.9. The first-order chi connectivity index (χ1) is 18.6. The van der Waals surface area contributed by atoms with Crippen molar-refractivity contribution < 1.29 is 28.7 Å². The Kier molecular flexibility index (Phi) is 11.5. The fourth-order valence-corrected chi connectivity index (χ4v) is 5.10. The van der Waals surface area contributed by atoms with Gasteiger partial charge in [-0.3, -0.25) is 9.59 Å². The lowest BCUT2D eigenvalue weighted by Crippen LogP contribution is -2.56. The number of hydrogen-bond acceptors (Lipinski definition) is 8. The van der Waals surface area contributed by atoms with Crippen molar-refractivity contribution in [2.75, 3.05) is 20.2 Å². The average molecular weight is 626 g/mol. The largest absolute Gasteiger partial charge is 0.464 e. The molecule has 0 spiro atoms. The highest BCUT2D eigenvalue weighted by Gasteiger charge is 2.44. The van der Waals surface area contributed by atoms with Crippen LogP contribution in [-0.4, -0.2) is 92.4 Å². The second-order valence-corrected chi connectivity index (χ2v) is 11.6. The maximum absolute atomic E-state index is 13.7. The van der Waals surface area contributed by atoms with Crippen molar-refractivity contribution in [3.8, 4) is 0 Å². The number of nitrogens with zero attached hydrogens (tertiary/aromatic N) is 5. The lowest BCUT2D eigenvalue weighted by atomic mass is 9.95. The van der Waals surface area contributed by atoms with Gasteiger partial charge in [0.1, 0.15) is 23.5 Å². The highest BCUT2D eigenvalue weighted by molar-refractivity contribution is 9.10. The Balaban J connectivity index is 2.26. The Morgan fingerprint density at radius 2 is 1.90 bits per heavy atom. The first-order valence-electron chi connectivity index (χ1n) is 13.2. The van der Waals surface area contributed by atoms with Crippen LogP contribution >= 0.6 is 15.9 Å². The lowest BCUT2D eigenvalue weighted by Gasteiger charge is -2.34. The van der Waals surface area contributed by atoms with Crippen molar-refractivity contribution in [1.82, 2.24) is 29.9 Å². The molecule has 12 nitrogen and oxygen atoms in total. The van der Waals surface area contributed by atoms with Gasteiger partial charge in [-0.25, -0.2) is 19.3 Å². The van der Waals surface area contributed by atoms with Crippen LogP contribution in [0, 0.1) is 11.8 Å². The number of likely N-dealkylation sites (tertiary alicyclic amines) is 1. The Labute approximate surface area is 244 Å². The van der Waals surface area contributed by atoms with E-state index in [1.807, 2.05) is 13.8 Å². The van der Waals surface area contributed by atoms with E-state index in [9.17, 15) is 19.2 Å². The third kappa shape index (κ3) is 8.15. The van der Waals surface area contributed by atoms with Gasteiger partial charge in [0.15, 0.2) is 0 Å². The van der Waals surface area contributed by atoms with Gasteiger partial charge in [-0.2, -0.15) is 0 Å². The second-order valence-electron chi connectivity index (χ2n) is 10.9. The zero-order valence-corrected chi connectivity index (χ0v) is 25.9. The number of amides is 3. The zero-order valence-electron chi connectivity index (χ0n) is 24.3. The molecule has 0 saturated carbocycles. The van der Waals surface area contributed by atoms with Gasteiger partial charge < -0.3 is 24.6 Å². The number of nitrogens with one attached hydrogen (secondary N) is 1. The predicted octanol–water partition coefficient (Wildman–Crippen LogP) is 3.03. The summed E-state index contributed by atoms with van der Waals surface area (Å²) in [6.07, 6.45) is 2.85. The summed E-state index contributed by atoms with van der Waals surface area (Å²) in [6, 6.07) is -2.58. The molecule has 1 aliphatic heterocycles. The molecular formula is C27H41BrN6O6. The molecular weight excluding hydrogens is 584 g/mol. The van der Waals surface area contributed by atoms with Crippen LogP contribution in [0.4, 0.5) is 4.79 Å². The van der Waals surface area contributed by atoms with Gasteiger partial charge in [-0.1, -0.05) is 26.5 Å². The summed E-state index contributed by atoms with van der Waals surface area (Å²) < 4.78 is 12.4. The van der Waals surface area contributed by atoms with Gasteiger partial charge in [-0.15, -0.1) is 11.7 Å². The van der Waals surface area contributed by atoms with Crippen molar-refractivity contribution in [2.24, 2.45) is 11.8 Å². The van der Waals surface area contributed by atoms with Crippen LogP contribution in [0.25, 0.3) is 6.20 Å². The average Bonchev–Trinajstić information content (AvgIpc) is 3.44. The molecule has 2 rings (SSSR count). The molecule has 0 radical (unpaired) electrons. The number of likely N-dealkylation sites (N-methyl/N-ethyl adjacent to an activating group) is 1. The molecule has 4 atom stereocenters. The molecule has 0 aromatic carbocycles.